The number of phenolic OH excluding ortho intramolecular Hbond substituents is 1. The molecule has 0 bridgehead atoms. The number of allylic oxidation sites excluding steroid dienone is 1. The van der Waals surface area contributed by atoms with Crippen molar-refractivity contribution in [2.24, 2.45) is 5.41 Å². The minimum Gasteiger partial charge on any atom is -0.506 e. The van der Waals surface area contributed by atoms with Gasteiger partial charge in [-0.05, 0) is 64.5 Å². The molecule has 150 valence electrons. The molecule has 2 rings (SSSR count). The van der Waals surface area contributed by atoms with Crippen LogP contribution in [0.2, 0.25) is 0 Å². The standard InChI is InChI=1S/C21H24Br2N2O3/c1-21(2,20(28)14-11-13(22)12-15(23)19(14)27)10-6-5-9-18(26)25-17-8-4-3-7-16(17)24/h3-5,7-9,11-12,20,27-28H,6,10,24H2,1-2H3,(H,25,26)/b9-5+/t20-/m0/s1. The van der Waals surface area contributed by atoms with Crippen molar-refractivity contribution >= 4 is 49.1 Å². The first-order valence-corrected chi connectivity index (χ1v) is 10.4. The van der Waals surface area contributed by atoms with Crippen molar-refractivity contribution in [1.29, 1.82) is 0 Å². The predicted octanol–water partition coefficient (Wildman–Crippen LogP) is 5.53. The number of aromatic hydroxyl groups is 1. The van der Waals surface area contributed by atoms with Crippen LogP contribution in [0.15, 0.2) is 57.5 Å². The molecule has 0 heterocycles. The van der Waals surface area contributed by atoms with Gasteiger partial charge in [0.2, 0.25) is 5.91 Å². The molecule has 0 saturated heterocycles. The van der Waals surface area contributed by atoms with Gasteiger partial charge in [0.25, 0.3) is 0 Å². The van der Waals surface area contributed by atoms with E-state index in [-0.39, 0.29) is 11.7 Å². The molecule has 1 atom stereocenters. The smallest absolute Gasteiger partial charge is 0.248 e. The Labute approximate surface area is 181 Å². The van der Waals surface area contributed by atoms with E-state index >= 15 is 0 Å². The lowest BCUT2D eigenvalue weighted by Gasteiger charge is -2.31. The molecule has 0 aliphatic heterocycles. The summed E-state index contributed by atoms with van der Waals surface area (Å²) in [4.78, 5) is 12.0. The first kappa shape index (κ1) is 22.5. The topological polar surface area (TPSA) is 95.6 Å². The summed E-state index contributed by atoms with van der Waals surface area (Å²) in [6.45, 7) is 3.84. The fourth-order valence-electron chi connectivity index (χ4n) is 2.78. The van der Waals surface area contributed by atoms with Crippen LogP contribution in [-0.2, 0) is 4.79 Å². The Morgan fingerprint density at radius 2 is 1.96 bits per heavy atom. The second-order valence-electron chi connectivity index (χ2n) is 7.23. The van der Waals surface area contributed by atoms with E-state index in [1.807, 2.05) is 13.8 Å². The highest BCUT2D eigenvalue weighted by atomic mass is 79.9. The van der Waals surface area contributed by atoms with E-state index in [9.17, 15) is 15.0 Å². The van der Waals surface area contributed by atoms with Crippen molar-refractivity contribution in [3.8, 4) is 5.75 Å². The SMILES string of the molecule is CC(C)(CC/C=C/C(=O)Nc1ccccc1N)[C@@H](O)c1cc(Br)cc(Br)c1O. The number of hydrogen-bond acceptors (Lipinski definition) is 4. The van der Waals surface area contributed by atoms with Gasteiger partial charge in [0, 0.05) is 10.0 Å². The second kappa shape index (κ2) is 9.58. The number of nitrogen functional groups attached to an aromatic ring is 1. The molecule has 7 heteroatoms. The summed E-state index contributed by atoms with van der Waals surface area (Å²) in [5.41, 5.74) is 6.83. The number of nitrogens with one attached hydrogen (secondary N) is 1. The molecule has 2 aromatic carbocycles. The fourth-order valence-corrected chi connectivity index (χ4v) is 4.04. The number of phenols is 1. The van der Waals surface area contributed by atoms with E-state index in [4.69, 9.17) is 5.73 Å². The maximum Gasteiger partial charge on any atom is 0.248 e. The Kier molecular flexibility index (Phi) is 7.69. The van der Waals surface area contributed by atoms with Gasteiger partial charge < -0.3 is 21.3 Å². The first-order valence-electron chi connectivity index (χ1n) is 8.80. The average molecular weight is 512 g/mol. The van der Waals surface area contributed by atoms with Crippen LogP contribution in [0.4, 0.5) is 11.4 Å². The number of para-hydroxylation sites is 2. The molecule has 5 N–H and O–H groups in total. The van der Waals surface area contributed by atoms with E-state index < -0.39 is 11.5 Å². The monoisotopic (exact) mass is 510 g/mol. The Balaban J connectivity index is 1.96. The molecular weight excluding hydrogens is 488 g/mol. The number of benzene rings is 2. The highest BCUT2D eigenvalue weighted by molar-refractivity contribution is 9.11. The number of carbonyl (C=O) groups is 1. The Hall–Kier alpha value is -1.83. The zero-order valence-electron chi connectivity index (χ0n) is 15.7. The third-order valence-corrected chi connectivity index (χ3v) is 5.60. The van der Waals surface area contributed by atoms with Gasteiger partial charge >= 0.3 is 0 Å². The lowest BCUT2D eigenvalue weighted by atomic mass is 9.78. The van der Waals surface area contributed by atoms with Crippen LogP contribution in [0.1, 0.15) is 38.4 Å². The van der Waals surface area contributed by atoms with E-state index in [0.717, 1.165) is 4.47 Å². The summed E-state index contributed by atoms with van der Waals surface area (Å²) >= 11 is 6.67. The largest absolute Gasteiger partial charge is 0.506 e. The van der Waals surface area contributed by atoms with Crippen molar-refractivity contribution < 1.29 is 15.0 Å². The highest BCUT2D eigenvalue weighted by Crippen LogP contribution is 2.44. The lowest BCUT2D eigenvalue weighted by Crippen LogP contribution is -2.22. The number of aliphatic hydroxyl groups excluding tert-OH is 1. The minimum atomic E-state index is -0.868. The molecular formula is C21H24Br2N2O3. The lowest BCUT2D eigenvalue weighted by molar-refractivity contribution is -0.111. The molecule has 0 radical (unpaired) electrons. The van der Waals surface area contributed by atoms with Crippen LogP contribution in [0.5, 0.6) is 5.75 Å². The van der Waals surface area contributed by atoms with Gasteiger partial charge in [0.15, 0.2) is 0 Å². The highest BCUT2D eigenvalue weighted by Gasteiger charge is 2.31. The van der Waals surface area contributed by atoms with Crippen LogP contribution in [-0.4, -0.2) is 16.1 Å². The van der Waals surface area contributed by atoms with Crippen LogP contribution < -0.4 is 11.1 Å². The first-order chi connectivity index (χ1) is 13.1. The van der Waals surface area contributed by atoms with Gasteiger partial charge in [-0.25, -0.2) is 0 Å². The van der Waals surface area contributed by atoms with Crippen molar-refractivity contribution in [1.82, 2.24) is 0 Å². The van der Waals surface area contributed by atoms with Gasteiger partial charge in [-0.1, -0.05) is 48.0 Å². The molecule has 2 aromatic rings. The van der Waals surface area contributed by atoms with Gasteiger partial charge in [0.1, 0.15) is 5.75 Å². The number of amides is 1. The van der Waals surface area contributed by atoms with Crippen LogP contribution >= 0.6 is 31.9 Å². The zero-order valence-corrected chi connectivity index (χ0v) is 18.9. The Morgan fingerprint density at radius 3 is 2.64 bits per heavy atom. The number of halogens is 2. The number of nitrogens with two attached hydrogens (primary N) is 1. The minimum absolute atomic E-state index is 0.0270. The molecule has 0 fully saturated rings. The summed E-state index contributed by atoms with van der Waals surface area (Å²) < 4.78 is 1.28. The third-order valence-electron chi connectivity index (χ3n) is 4.54. The van der Waals surface area contributed by atoms with Gasteiger partial charge in [-0.3, -0.25) is 4.79 Å². The second-order valence-corrected chi connectivity index (χ2v) is 9.00. The molecule has 28 heavy (non-hydrogen) atoms. The van der Waals surface area contributed by atoms with Crippen LogP contribution in [0.3, 0.4) is 0 Å². The van der Waals surface area contributed by atoms with Crippen molar-refractivity contribution in [3.05, 3.63) is 63.1 Å². The number of anilines is 2. The summed E-state index contributed by atoms with van der Waals surface area (Å²) in [5, 5.41) is 23.8. The maximum atomic E-state index is 12.0. The third kappa shape index (κ3) is 5.83. The van der Waals surface area contributed by atoms with Crippen molar-refractivity contribution in [3.63, 3.8) is 0 Å². The summed E-state index contributed by atoms with van der Waals surface area (Å²) in [6, 6.07) is 10.5. The molecule has 0 spiro atoms. The summed E-state index contributed by atoms with van der Waals surface area (Å²) in [7, 11) is 0. The zero-order chi connectivity index (χ0) is 20.9. The maximum absolute atomic E-state index is 12.0. The number of rotatable bonds is 7. The average Bonchev–Trinajstić information content (AvgIpc) is 2.63. The summed E-state index contributed by atoms with van der Waals surface area (Å²) in [5.74, 6) is -0.232. The molecule has 0 saturated carbocycles. The quantitative estimate of drug-likeness (QED) is 0.290. The van der Waals surface area contributed by atoms with Crippen molar-refractivity contribution in [2.75, 3.05) is 11.1 Å². The number of carbonyl (C=O) groups excluding carboxylic acids is 1. The normalized spacial score (nSPS) is 12.9. The number of aliphatic hydroxyl groups is 1. The Bertz CT molecular complexity index is 882. The fraction of sp³-hybridized carbons (Fsp3) is 0.286. The molecule has 5 nitrogen and oxygen atoms in total. The van der Waals surface area contributed by atoms with Gasteiger partial charge in [-0.2, -0.15) is 0 Å². The molecule has 0 aliphatic rings. The van der Waals surface area contributed by atoms with E-state index in [1.54, 1.807) is 42.5 Å². The van der Waals surface area contributed by atoms with Gasteiger partial charge in [-0.15, -0.1) is 0 Å². The van der Waals surface area contributed by atoms with E-state index in [1.165, 1.54) is 6.08 Å². The number of hydrogen-bond donors (Lipinski definition) is 4. The van der Waals surface area contributed by atoms with Crippen LogP contribution in [0, 0.1) is 5.41 Å². The summed E-state index contributed by atoms with van der Waals surface area (Å²) in [6.07, 6.45) is 3.57. The molecule has 1 amide bonds. The predicted molar refractivity (Wildman–Crippen MR) is 120 cm³/mol. The van der Waals surface area contributed by atoms with Gasteiger partial charge in [0.05, 0.1) is 22.0 Å². The molecule has 0 unspecified atom stereocenters. The molecule has 0 aliphatic carbocycles. The molecule has 0 aromatic heterocycles. The Morgan fingerprint density at radius 1 is 1.29 bits per heavy atom. The van der Waals surface area contributed by atoms with Crippen LogP contribution in [0.25, 0.3) is 0 Å². The van der Waals surface area contributed by atoms with E-state index in [2.05, 4.69) is 37.2 Å². The van der Waals surface area contributed by atoms with Crippen molar-refractivity contribution in [2.45, 2.75) is 32.8 Å². The van der Waals surface area contributed by atoms with E-state index in [0.29, 0.717) is 34.3 Å².